The zero-order valence-electron chi connectivity index (χ0n) is 18.7. The van der Waals surface area contributed by atoms with Crippen LogP contribution in [-0.4, -0.2) is 32.2 Å². The van der Waals surface area contributed by atoms with Crippen molar-refractivity contribution in [3.8, 4) is 22.5 Å². The molecule has 4 rings (SSSR count). The van der Waals surface area contributed by atoms with E-state index in [2.05, 4.69) is 21.0 Å². The van der Waals surface area contributed by atoms with Gasteiger partial charge in [-0.2, -0.15) is 0 Å². The molecule has 0 bridgehead atoms. The van der Waals surface area contributed by atoms with E-state index in [-0.39, 0.29) is 11.8 Å². The molecule has 0 saturated carbocycles. The van der Waals surface area contributed by atoms with E-state index in [1.54, 1.807) is 19.1 Å². The van der Waals surface area contributed by atoms with Crippen LogP contribution in [0.3, 0.4) is 0 Å². The Hall–Kier alpha value is -4.04. The summed E-state index contributed by atoms with van der Waals surface area (Å²) in [6.45, 7) is 3.66. The number of amides is 2. The maximum Gasteiger partial charge on any atom is 0.269 e. The molecule has 34 heavy (non-hydrogen) atoms. The van der Waals surface area contributed by atoms with Crippen molar-refractivity contribution in [3.05, 3.63) is 96.1 Å². The maximum atomic E-state index is 12.6. The van der Waals surface area contributed by atoms with Gasteiger partial charge in [-0.3, -0.25) is 20.4 Å². The molecule has 4 aromatic rings. The Kier molecular flexibility index (Phi) is 7.29. The monoisotopic (exact) mass is 469 g/mol. The number of nitrogens with zero attached hydrogens (tertiary/aromatic N) is 3. The van der Waals surface area contributed by atoms with Gasteiger partial charge >= 0.3 is 0 Å². The van der Waals surface area contributed by atoms with Gasteiger partial charge in [-0.15, -0.1) is 10.2 Å². The van der Waals surface area contributed by atoms with Crippen LogP contribution in [0.25, 0.3) is 22.5 Å². The SMILES string of the molecule is Cc1ccc(C(=O)NNC(=O)[C@H](C)Sc2nnc(-c3ccccc3)c(-c3ccccc3)n2)cc1. The lowest BCUT2D eigenvalue weighted by atomic mass is 10.0. The Morgan fingerprint density at radius 2 is 1.35 bits per heavy atom. The van der Waals surface area contributed by atoms with E-state index in [9.17, 15) is 9.59 Å². The number of thioether (sulfide) groups is 1. The average Bonchev–Trinajstić information content (AvgIpc) is 2.88. The van der Waals surface area contributed by atoms with Crippen molar-refractivity contribution >= 4 is 23.6 Å². The van der Waals surface area contributed by atoms with E-state index in [1.165, 1.54) is 11.8 Å². The Labute approximate surface area is 202 Å². The number of rotatable bonds is 6. The van der Waals surface area contributed by atoms with Crippen LogP contribution in [0, 0.1) is 6.92 Å². The molecule has 0 radical (unpaired) electrons. The van der Waals surface area contributed by atoms with Crippen LogP contribution in [0.2, 0.25) is 0 Å². The van der Waals surface area contributed by atoms with Gasteiger partial charge in [-0.25, -0.2) is 4.98 Å². The van der Waals surface area contributed by atoms with E-state index in [1.807, 2.05) is 79.7 Å². The van der Waals surface area contributed by atoms with E-state index >= 15 is 0 Å². The number of aromatic nitrogens is 3. The Balaban J connectivity index is 1.48. The summed E-state index contributed by atoms with van der Waals surface area (Å²) in [7, 11) is 0. The van der Waals surface area contributed by atoms with Gasteiger partial charge in [0.05, 0.1) is 5.25 Å². The first-order chi connectivity index (χ1) is 16.5. The Morgan fingerprint density at radius 3 is 1.97 bits per heavy atom. The summed E-state index contributed by atoms with van der Waals surface area (Å²) in [4.78, 5) is 29.5. The second-order valence-electron chi connectivity index (χ2n) is 7.59. The van der Waals surface area contributed by atoms with Gasteiger partial charge in [0, 0.05) is 16.7 Å². The van der Waals surface area contributed by atoms with E-state index in [0.717, 1.165) is 16.7 Å². The number of carbonyl (C=O) groups excluding carboxylic acids is 2. The minimum absolute atomic E-state index is 0.367. The van der Waals surface area contributed by atoms with Crippen molar-refractivity contribution in [1.82, 2.24) is 26.0 Å². The van der Waals surface area contributed by atoms with Gasteiger partial charge in [-0.05, 0) is 26.0 Å². The molecule has 0 fully saturated rings. The first-order valence-corrected chi connectivity index (χ1v) is 11.6. The number of hydrogen-bond acceptors (Lipinski definition) is 6. The fourth-order valence-electron chi connectivity index (χ4n) is 3.16. The summed E-state index contributed by atoms with van der Waals surface area (Å²) < 4.78 is 0. The maximum absolute atomic E-state index is 12.6. The number of nitrogens with one attached hydrogen (secondary N) is 2. The van der Waals surface area contributed by atoms with Crippen LogP contribution in [0.15, 0.2) is 90.1 Å². The van der Waals surface area contributed by atoms with Gasteiger partial charge in [0.1, 0.15) is 11.4 Å². The highest BCUT2D eigenvalue weighted by Gasteiger charge is 2.20. The van der Waals surface area contributed by atoms with Crippen molar-refractivity contribution in [2.75, 3.05) is 0 Å². The summed E-state index contributed by atoms with van der Waals surface area (Å²) in [6, 6.07) is 26.5. The molecule has 1 aromatic heterocycles. The molecule has 1 atom stereocenters. The molecule has 170 valence electrons. The van der Waals surface area contributed by atoms with E-state index in [4.69, 9.17) is 4.98 Å². The van der Waals surface area contributed by atoms with Crippen molar-refractivity contribution in [2.24, 2.45) is 0 Å². The fraction of sp³-hybridized carbons (Fsp3) is 0.115. The fourth-order valence-corrected chi connectivity index (χ4v) is 3.87. The van der Waals surface area contributed by atoms with Crippen LogP contribution in [-0.2, 0) is 4.79 Å². The predicted octanol–water partition coefficient (Wildman–Crippen LogP) is 4.46. The third-order valence-corrected chi connectivity index (χ3v) is 5.98. The lowest BCUT2D eigenvalue weighted by Gasteiger charge is -2.13. The largest absolute Gasteiger partial charge is 0.272 e. The number of hydrogen-bond donors (Lipinski definition) is 2. The van der Waals surface area contributed by atoms with Gasteiger partial charge in [0.15, 0.2) is 0 Å². The minimum Gasteiger partial charge on any atom is -0.272 e. The lowest BCUT2D eigenvalue weighted by Crippen LogP contribution is -2.44. The quantitative estimate of drug-likeness (QED) is 0.320. The molecule has 0 aliphatic heterocycles. The second kappa shape index (κ2) is 10.7. The highest BCUT2D eigenvalue weighted by atomic mass is 32.2. The molecule has 0 unspecified atom stereocenters. The van der Waals surface area contributed by atoms with Crippen LogP contribution >= 0.6 is 11.8 Å². The van der Waals surface area contributed by atoms with Crippen LogP contribution in [0.4, 0.5) is 0 Å². The molecule has 2 amide bonds. The minimum atomic E-state index is -0.564. The molecule has 3 aromatic carbocycles. The molecule has 2 N–H and O–H groups in total. The molecule has 1 heterocycles. The number of hydrazine groups is 1. The normalized spacial score (nSPS) is 11.5. The smallest absolute Gasteiger partial charge is 0.269 e. The summed E-state index contributed by atoms with van der Waals surface area (Å²) >= 11 is 1.17. The van der Waals surface area contributed by atoms with Crippen molar-refractivity contribution in [2.45, 2.75) is 24.3 Å². The summed E-state index contributed by atoms with van der Waals surface area (Å²) in [5.74, 6) is -0.760. The first-order valence-electron chi connectivity index (χ1n) is 10.7. The number of aryl methyl sites for hydroxylation is 1. The highest BCUT2D eigenvalue weighted by Crippen LogP contribution is 2.30. The molecule has 8 heteroatoms. The summed E-state index contributed by atoms with van der Waals surface area (Å²) in [5, 5.41) is 8.48. The number of benzene rings is 3. The van der Waals surface area contributed by atoms with Gasteiger partial charge in [0.25, 0.3) is 11.8 Å². The predicted molar refractivity (Wildman–Crippen MR) is 133 cm³/mol. The van der Waals surface area contributed by atoms with Gasteiger partial charge < -0.3 is 0 Å². The van der Waals surface area contributed by atoms with Crippen molar-refractivity contribution in [1.29, 1.82) is 0 Å². The zero-order valence-corrected chi connectivity index (χ0v) is 19.5. The van der Waals surface area contributed by atoms with Gasteiger partial charge in [-0.1, -0.05) is 90.1 Å². The Bertz CT molecular complexity index is 1280. The van der Waals surface area contributed by atoms with Gasteiger partial charge in [0.2, 0.25) is 5.16 Å². The van der Waals surface area contributed by atoms with Crippen LogP contribution < -0.4 is 10.9 Å². The van der Waals surface area contributed by atoms with Crippen LogP contribution in [0.5, 0.6) is 0 Å². The van der Waals surface area contributed by atoms with E-state index < -0.39 is 5.25 Å². The topological polar surface area (TPSA) is 96.9 Å². The molecule has 0 aliphatic rings. The third kappa shape index (κ3) is 5.65. The molecular formula is C26H23N5O2S. The molecule has 0 aliphatic carbocycles. The highest BCUT2D eigenvalue weighted by molar-refractivity contribution is 8.00. The van der Waals surface area contributed by atoms with E-state index in [0.29, 0.717) is 22.1 Å². The second-order valence-corrected chi connectivity index (χ2v) is 8.90. The molecular weight excluding hydrogens is 446 g/mol. The zero-order chi connectivity index (χ0) is 23.9. The average molecular weight is 470 g/mol. The molecule has 0 saturated heterocycles. The standard InChI is InChI=1S/C26H23N5O2S/c1-17-13-15-21(16-14-17)25(33)30-29-24(32)18(2)34-26-27-22(19-9-5-3-6-10-19)23(28-31-26)20-11-7-4-8-12-20/h3-16,18H,1-2H3,(H,29,32)(H,30,33)/t18-/m0/s1. The summed E-state index contributed by atoms with van der Waals surface area (Å²) in [5.41, 5.74) is 9.58. The Morgan fingerprint density at radius 1 is 0.765 bits per heavy atom. The summed E-state index contributed by atoms with van der Waals surface area (Å²) in [6.07, 6.45) is 0. The van der Waals surface area contributed by atoms with Crippen molar-refractivity contribution in [3.63, 3.8) is 0 Å². The van der Waals surface area contributed by atoms with Crippen molar-refractivity contribution < 1.29 is 9.59 Å². The molecule has 0 spiro atoms. The van der Waals surface area contributed by atoms with Crippen LogP contribution in [0.1, 0.15) is 22.8 Å². The first kappa shape index (κ1) is 23.1. The lowest BCUT2D eigenvalue weighted by molar-refractivity contribution is -0.121. The third-order valence-electron chi connectivity index (χ3n) is 5.03. The molecule has 7 nitrogen and oxygen atoms in total. The number of carbonyl (C=O) groups is 2.